The Labute approximate surface area is 198 Å². The van der Waals surface area contributed by atoms with Crippen molar-refractivity contribution in [2.24, 2.45) is 0 Å². The number of aromatic nitrogens is 3. The van der Waals surface area contributed by atoms with Gasteiger partial charge in [-0.25, -0.2) is 4.39 Å². The van der Waals surface area contributed by atoms with Gasteiger partial charge in [0.15, 0.2) is 0 Å². The zero-order valence-electron chi connectivity index (χ0n) is 18.0. The molecule has 1 aliphatic heterocycles. The summed E-state index contributed by atoms with van der Waals surface area (Å²) in [5, 5.41) is 5.57. The molecule has 1 atom stereocenters. The van der Waals surface area contributed by atoms with Crippen LogP contribution in [0.25, 0.3) is 22.2 Å². The Bertz CT molecular complexity index is 1320. The number of rotatable bonds is 5. The number of nitrogens with zero attached hydrogens (tertiary/aromatic N) is 4. The van der Waals surface area contributed by atoms with Gasteiger partial charge in [-0.3, -0.25) is 14.5 Å². The molecule has 4 aromatic rings. The van der Waals surface area contributed by atoms with Gasteiger partial charge in [-0.2, -0.15) is 5.10 Å². The van der Waals surface area contributed by atoms with Crippen LogP contribution in [0.5, 0.6) is 11.5 Å². The normalized spacial score (nSPS) is 15.6. The third kappa shape index (κ3) is 4.41. The van der Waals surface area contributed by atoms with E-state index in [9.17, 15) is 4.79 Å². The number of benzene rings is 2. The van der Waals surface area contributed by atoms with Gasteiger partial charge in [0, 0.05) is 42.5 Å². The van der Waals surface area contributed by atoms with E-state index in [-0.39, 0.29) is 19.4 Å². The maximum absolute atomic E-state index is 15.2. The first kappa shape index (κ1) is 23.2. The molecular weight excluding hydrogens is 431 g/mol. The molecule has 1 fully saturated rings. The molecule has 5 rings (SSSR count). The number of carbonyl (C=O) groups excluding carboxylic acids is 1. The van der Waals surface area contributed by atoms with Crippen LogP contribution in [0.2, 0.25) is 0 Å². The molecule has 34 heavy (non-hydrogen) atoms. The van der Waals surface area contributed by atoms with Crippen molar-refractivity contribution in [2.45, 2.75) is 26.3 Å². The van der Waals surface area contributed by atoms with E-state index >= 15 is 4.39 Å². The predicted octanol–water partition coefficient (Wildman–Crippen LogP) is 6.02. The van der Waals surface area contributed by atoms with Gasteiger partial charge in [-0.05, 0) is 49.2 Å². The van der Waals surface area contributed by atoms with Crippen molar-refractivity contribution >= 4 is 16.8 Å². The van der Waals surface area contributed by atoms with Crippen LogP contribution >= 0.6 is 0 Å². The molecule has 0 radical (unpaired) electrons. The third-order valence-corrected chi connectivity index (χ3v) is 5.91. The number of fused-ring (bicyclic) bond motifs is 1. The first-order valence-electron chi connectivity index (χ1n) is 10.9. The van der Waals surface area contributed by atoms with Gasteiger partial charge in [0.2, 0.25) is 5.91 Å². The molecule has 0 saturated carbocycles. The molecule has 174 valence electrons. The molecule has 1 aliphatic rings. The molecule has 0 aliphatic carbocycles. The maximum atomic E-state index is 15.2. The van der Waals surface area contributed by atoms with E-state index in [0.717, 1.165) is 23.7 Å². The highest BCUT2D eigenvalue weighted by molar-refractivity contribution is 5.93. The highest BCUT2D eigenvalue weighted by Crippen LogP contribution is 2.35. The van der Waals surface area contributed by atoms with Crippen molar-refractivity contribution in [1.29, 1.82) is 0 Å². The lowest BCUT2D eigenvalue weighted by Crippen LogP contribution is -2.40. The summed E-state index contributed by atoms with van der Waals surface area (Å²) in [4.78, 5) is 18.2. The average Bonchev–Trinajstić information content (AvgIpc) is 3.24. The quantitative estimate of drug-likeness (QED) is 0.343. The number of likely N-dealkylation sites (tertiary alicyclic amines) is 1. The number of ether oxygens (including phenoxy) is 1. The molecule has 1 saturated heterocycles. The first-order chi connectivity index (χ1) is 16.1. The smallest absolute Gasteiger partial charge is 0.246 e. The topological polar surface area (TPSA) is 60.2 Å². The van der Waals surface area contributed by atoms with Crippen LogP contribution in [-0.4, -0.2) is 38.7 Å². The Balaban J connectivity index is 0.00000274. The van der Waals surface area contributed by atoms with Crippen LogP contribution in [0, 0.1) is 5.82 Å². The Morgan fingerprint density at radius 2 is 1.97 bits per heavy atom. The summed E-state index contributed by atoms with van der Waals surface area (Å²) in [6.07, 6.45) is 6.50. The Morgan fingerprint density at radius 3 is 2.74 bits per heavy atom. The van der Waals surface area contributed by atoms with Gasteiger partial charge in [0.1, 0.15) is 23.0 Å². The number of hydrogen-bond donors (Lipinski definition) is 0. The van der Waals surface area contributed by atoms with E-state index in [4.69, 9.17) is 9.84 Å². The fourth-order valence-corrected chi connectivity index (χ4v) is 4.32. The van der Waals surface area contributed by atoms with Crippen molar-refractivity contribution in [3.63, 3.8) is 0 Å². The lowest BCUT2D eigenvalue weighted by Gasteiger charge is -2.32. The Morgan fingerprint density at radius 1 is 1.15 bits per heavy atom. The SMILES string of the molecule is C.C=CC(=O)N1CCC[C@@H](n2nc(-c3ccc(Oc4ccccc4)cc3F)c3cnccc32)C1. The van der Waals surface area contributed by atoms with Crippen LogP contribution in [-0.2, 0) is 4.79 Å². The van der Waals surface area contributed by atoms with Gasteiger partial charge < -0.3 is 9.64 Å². The lowest BCUT2D eigenvalue weighted by molar-refractivity contribution is -0.127. The molecule has 2 aromatic heterocycles. The standard InChI is InChI=1S/C26H23FN4O2.CH4/c1-2-25(32)30-14-6-7-18(17-30)31-24-12-13-28-16-22(24)26(29-31)21-11-10-20(15-23(21)27)33-19-8-4-3-5-9-19;/h2-5,8-13,15-16,18H,1,6-7,14,17H2;1H4/t18-;/m1./s1. The second kappa shape index (κ2) is 9.87. The number of halogens is 1. The van der Waals surface area contributed by atoms with E-state index in [1.807, 2.05) is 41.1 Å². The number of carbonyl (C=O) groups is 1. The van der Waals surface area contributed by atoms with E-state index in [1.54, 1.807) is 29.4 Å². The summed E-state index contributed by atoms with van der Waals surface area (Å²) in [5.41, 5.74) is 1.76. The highest BCUT2D eigenvalue weighted by atomic mass is 19.1. The zero-order valence-corrected chi connectivity index (χ0v) is 18.0. The molecule has 0 spiro atoms. The molecule has 0 unspecified atom stereocenters. The van der Waals surface area contributed by atoms with Crippen LogP contribution in [0.4, 0.5) is 4.39 Å². The van der Waals surface area contributed by atoms with Crippen LogP contribution in [0.1, 0.15) is 26.3 Å². The third-order valence-electron chi connectivity index (χ3n) is 5.91. The molecule has 3 heterocycles. The monoisotopic (exact) mass is 458 g/mol. The van der Waals surface area contributed by atoms with E-state index in [2.05, 4.69) is 11.6 Å². The fraction of sp³-hybridized carbons (Fsp3) is 0.222. The van der Waals surface area contributed by atoms with Crippen molar-refractivity contribution in [2.75, 3.05) is 13.1 Å². The van der Waals surface area contributed by atoms with Crippen molar-refractivity contribution in [3.05, 3.63) is 85.5 Å². The van der Waals surface area contributed by atoms with Crippen molar-refractivity contribution in [3.8, 4) is 22.8 Å². The number of amides is 1. The van der Waals surface area contributed by atoms with Gasteiger partial charge in [-0.1, -0.05) is 32.2 Å². The Kier molecular flexibility index (Phi) is 6.72. The minimum atomic E-state index is -0.425. The number of hydrogen-bond acceptors (Lipinski definition) is 4. The first-order valence-corrected chi connectivity index (χ1v) is 10.9. The van der Waals surface area contributed by atoms with Gasteiger partial charge in [0.05, 0.1) is 11.6 Å². The van der Waals surface area contributed by atoms with Crippen molar-refractivity contribution < 1.29 is 13.9 Å². The number of piperidine rings is 1. The van der Waals surface area contributed by atoms with Gasteiger partial charge >= 0.3 is 0 Å². The van der Waals surface area contributed by atoms with Gasteiger partial charge in [-0.15, -0.1) is 0 Å². The largest absolute Gasteiger partial charge is 0.457 e. The lowest BCUT2D eigenvalue weighted by atomic mass is 10.1. The van der Waals surface area contributed by atoms with Gasteiger partial charge in [0.25, 0.3) is 0 Å². The fourth-order valence-electron chi connectivity index (χ4n) is 4.32. The molecule has 0 N–H and O–H groups in total. The Hall–Kier alpha value is -4.00. The molecule has 7 heteroatoms. The number of pyridine rings is 1. The second-order valence-electron chi connectivity index (χ2n) is 8.03. The minimum absolute atomic E-state index is 0. The molecule has 1 amide bonds. The predicted molar refractivity (Wildman–Crippen MR) is 131 cm³/mol. The number of para-hydroxylation sites is 1. The summed E-state index contributed by atoms with van der Waals surface area (Å²) in [6.45, 7) is 4.83. The van der Waals surface area contributed by atoms with E-state index < -0.39 is 5.82 Å². The molecular formula is C27H27FN4O2. The van der Waals surface area contributed by atoms with E-state index in [0.29, 0.717) is 35.8 Å². The zero-order chi connectivity index (χ0) is 22.8. The highest BCUT2D eigenvalue weighted by Gasteiger charge is 2.27. The van der Waals surface area contributed by atoms with Crippen molar-refractivity contribution in [1.82, 2.24) is 19.7 Å². The molecule has 0 bridgehead atoms. The minimum Gasteiger partial charge on any atom is -0.457 e. The summed E-state index contributed by atoms with van der Waals surface area (Å²) >= 11 is 0. The van der Waals surface area contributed by atoms with E-state index in [1.165, 1.54) is 12.1 Å². The second-order valence-corrected chi connectivity index (χ2v) is 8.03. The van der Waals surface area contributed by atoms with Crippen LogP contribution in [0.3, 0.4) is 0 Å². The summed E-state index contributed by atoms with van der Waals surface area (Å²) in [5.74, 6) is 0.540. The summed E-state index contributed by atoms with van der Waals surface area (Å²) in [6, 6.07) is 15.9. The van der Waals surface area contributed by atoms with Crippen LogP contribution < -0.4 is 4.74 Å². The van der Waals surface area contributed by atoms with Crippen LogP contribution in [0.15, 0.2) is 79.6 Å². The maximum Gasteiger partial charge on any atom is 0.246 e. The summed E-state index contributed by atoms with van der Waals surface area (Å²) < 4.78 is 22.9. The molecule has 6 nitrogen and oxygen atoms in total. The average molecular weight is 459 g/mol. The molecule has 2 aromatic carbocycles. The summed E-state index contributed by atoms with van der Waals surface area (Å²) in [7, 11) is 0.